The van der Waals surface area contributed by atoms with Gasteiger partial charge in [0.25, 0.3) is 0 Å². The van der Waals surface area contributed by atoms with Crippen molar-refractivity contribution in [1.82, 2.24) is 14.5 Å². The first-order valence-corrected chi connectivity index (χ1v) is 13.1. The molecule has 3 aromatic rings. The molecule has 0 bridgehead atoms. The molecular weight excluding hydrogens is 478 g/mol. The number of amides is 1. The summed E-state index contributed by atoms with van der Waals surface area (Å²) in [7, 11) is 0. The number of carbonyl (C=O) groups excluding carboxylic acids is 1. The molecule has 1 fully saturated rings. The SMILES string of the molecule is CCc1nc2c(c(NCC(=O)N3CCOCC3)c1C)c(=O)cc(Nc1ccccc1)n2C1=CC=CCC=C1. The summed E-state index contributed by atoms with van der Waals surface area (Å²) in [4.78, 5) is 33.5. The Balaban J connectivity index is 1.67. The van der Waals surface area contributed by atoms with Crippen LogP contribution in [0, 0.1) is 6.92 Å². The van der Waals surface area contributed by atoms with Gasteiger partial charge in [0.15, 0.2) is 11.1 Å². The van der Waals surface area contributed by atoms with Crippen LogP contribution in [0.15, 0.2) is 71.6 Å². The molecule has 1 aliphatic carbocycles. The zero-order valence-corrected chi connectivity index (χ0v) is 21.9. The summed E-state index contributed by atoms with van der Waals surface area (Å²) in [6.45, 7) is 6.34. The molecule has 8 heteroatoms. The van der Waals surface area contributed by atoms with Gasteiger partial charge in [0.2, 0.25) is 5.91 Å². The number of aryl methyl sites for hydroxylation is 1. The van der Waals surface area contributed by atoms with Crippen molar-refractivity contribution < 1.29 is 9.53 Å². The van der Waals surface area contributed by atoms with Gasteiger partial charge < -0.3 is 20.3 Å². The molecule has 5 rings (SSSR count). The van der Waals surface area contributed by atoms with E-state index in [2.05, 4.69) is 22.8 Å². The number of benzene rings is 1. The van der Waals surface area contributed by atoms with Crippen LogP contribution in [0.5, 0.6) is 0 Å². The van der Waals surface area contributed by atoms with E-state index in [0.29, 0.717) is 55.3 Å². The van der Waals surface area contributed by atoms with E-state index in [1.807, 2.05) is 67.0 Å². The normalized spacial score (nSPS) is 15.3. The Bertz CT molecular complexity index is 1480. The molecule has 0 radical (unpaired) electrons. The van der Waals surface area contributed by atoms with E-state index < -0.39 is 0 Å². The number of allylic oxidation sites excluding steroid dienone is 6. The lowest BCUT2D eigenvalue weighted by Crippen LogP contribution is -2.43. The van der Waals surface area contributed by atoms with Crippen molar-refractivity contribution in [3.8, 4) is 0 Å². The molecule has 0 saturated carbocycles. The topological polar surface area (TPSA) is 88.5 Å². The Morgan fingerprint density at radius 2 is 1.92 bits per heavy atom. The second-order valence-electron chi connectivity index (χ2n) is 9.34. The van der Waals surface area contributed by atoms with Gasteiger partial charge in [-0.1, -0.05) is 43.4 Å². The summed E-state index contributed by atoms with van der Waals surface area (Å²) in [5.74, 6) is 0.603. The molecular formula is C30H33N5O3. The predicted octanol–water partition coefficient (Wildman–Crippen LogP) is 4.64. The number of morpholine rings is 1. The van der Waals surface area contributed by atoms with Gasteiger partial charge >= 0.3 is 0 Å². The first kappa shape index (κ1) is 25.5. The van der Waals surface area contributed by atoms with Crippen LogP contribution in [0.25, 0.3) is 16.7 Å². The first-order chi connectivity index (χ1) is 18.6. The molecule has 196 valence electrons. The number of para-hydroxylation sites is 1. The third-order valence-electron chi connectivity index (χ3n) is 6.87. The highest BCUT2D eigenvalue weighted by atomic mass is 16.5. The van der Waals surface area contributed by atoms with Crippen LogP contribution in [0.1, 0.15) is 24.6 Å². The lowest BCUT2D eigenvalue weighted by Gasteiger charge is -2.27. The third kappa shape index (κ3) is 5.26. The second-order valence-corrected chi connectivity index (χ2v) is 9.34. The monoisotopic (exact) mass is 511 g/mol. The molecule has 2 aliphatic rings. The van der Waals surface area contributed by atoms with Gasteiger partial charge in [0.1, 0.15) is 5.82 Å². The number of rotatable bonds is 7. The zero-order valence-electron chi connectivity index (χ0n) is 21.9. The number of fused-ring (bicyclic) bond motifs is 1. The standard InChI is InChI=1S/C30H33N5O3/c1-3-24-21(2)29(31-20-27(37)34-15-17-38-18-16-34)28-25(36)19-26(32-22-11-7-6-8-12-22)35(30(28)33-24)23-13-9-4-5-10-14-23/h4,6-14,19,32H,3,5,15-18,20H2,1-2H3,(H,31,33). The molecule has 1 amide bonds. The summed E-state index contributed by atoms with van der Waals surface area (Å²) >= 11 is 0. The van der Waals surface area contributed by atoms with E-state index in [4.69, 9.17) is 9.72 Å². The van der Waals surface area contributed by atoms with Crippen molar-refractivity contribution in [1.29, 1.82) is 0 Å². The number of ether oxygens (including phenoxy) is 1. The number of aromatic nitrogens is 2. The minimum Gasteiger partial charge on any atom is -0.378 e. The number of anilines is 3. The van der Waals surface area contributed by atoms with Crippen molar-refractivity contribution in [2.75, 3.05) is 43.5 Å². The average molecular weight is 512 g/mol. The molecule has 1 aromatic carbocycles. The van der Waals surface area contributed by atoms with Gasteiger partial charge in [-0.2, -0.15) is 0 Å². The lowest BCUT2D eigenvalue weighted by atomic mass is 10.1. The maximum absolute atomic E-state index is 13.7. The molecule has 0 unspecified atom stereocenters. The number of nitrogens with one attached hydrogen (secondary N) is 2. The molecule has 0 spiro atoms. The van der Waals surface area contributed by atoms with Crippen LogP contribution in [-0.2, 0) is 16.0 Å². The van der Waals surface area contributed by atoms with Crippen LogP contribution in [0.3, 0.4) is 0 Å². The van der Waals surface area contributed by atoms with Crippen molar-refractivity contribution in [2.45, 2.75) is 26.7 Å². The molecule has 1 aliphatic heterocycles. The van der Waals surface area contributed by atoms with Crippen LogP contribution >= 0.6 is 0 Å². The molecule has 2 aromatic heterocycles. The summed E-state index contributed by atoms with van der Waals surface area (Å²) in [5, 5.41) is 7.21. The lowest BCUT2D eigenvalue weighted by molar-refractivity contribution is -0.133. The maximum atomic E-state index is 13.7. The highest BCUT2D eigenvalue weighted by molar-refractivity contribution is 5.96. The van der Waals surface area contributed by atoms with E-state index >= 15 is 0 Å². The smallest absolute Gasteiger partial charge is 0.242 e. The van der Waals surface area contributed by atoms with Crippen LogP contribution in [-0.4, -0.2) is 53.2 Å². The van der Waals surface area contributed by atoms with Crippen LogP contribution < -0.4 is 16.1 Å². The van der Waals surface area contributed by atoms with E-state index in [9.17, 15) is 9.59 Å². The second kappa shape index (κ2) is 11.5. The minimum atomic E-state index is -0.164. The Hall–Kier alpha value is -4.17. The first-order valence-electron chi connectivity index (χ1n) is 13.1. The van der Waals surface area contributed by atoms with Crippen LogP contribution in [0.2, 0.25) is 0 Å². The average Bonchev–Trinajstić information content (AvgIpc) is 3.23. The highest BCUT2D eigenvalue weighted by Crippen LogP contribution is 2.31. The summed E-state index contributed by atoms with van der Waals surface area (Å²) in [5.41, 5.74) is 4.55. The molecule has 1 saturated heterocycles. The largest absolute Gasteiger partial charge is 0.378 e. The highest BCUT2D eigenvalue weighted by Gasteiger charge is 2.22. The molecule has 38 heavy (non-hydrogen) atoms. The van der Waals surface area contributed by atoms with Crippen molar-refractivity contribution in [3.05, 3.63) is 88.3 Å². The molecule has 8 nitrogen and oxygen atoms in total. The molecule has 0 atom stereocenters. The maximum Gasteiger partial charge on any atom is 0.242 e. The van der Waals surface area contributed by atoms with Crippen LogP contribution in [0.4, 0.5) is 17.2 Å². The van der Waals surface area contributed by atoms with Gasteiger partial charge in [-0.15, -0.1) is 0 Å². The molecule has 3 heterocycles. The fourth-order valence-corrected chi connectivity index (χ4v) is 4.88. The molecule has 2 N–H and O–H groups in total. The van der Waals surface area contributed by atoms with Crippen molar-refractivity contribution >= 4 is 39.8 Å². The summed E-state index contributed by atoms with van der Waals surface area (Å²) < 4.78 is 7.37. The Morgan fingerprint density at radius 3 is 2.68 bits per heavy atom. The number of pyridine rings is 2. The van der Waals surface area contributed by atoms with Crippen molar-refractivity contribution in [3.63, 3.8) is 0 Å². The van der Waals surface area contributed by atoms with Gasteiger partial charge in [-0.25, -0.2) is 4.98 Å². The quantitative estimate of drug-likeness (QED) is 0.481. The Morgan fingerprint density at radius 1 is 1.13 bits per heavy atom. The Labute approximate surface area is 222 Å². The number of nitrogens with zero attached hydrogens (tertiary/aromatic N) is 3. The van der Waals surface area contributed by atoms with Gasteiger partial charge in [0, 0.05) is 36.2 Å². The van der Waals surface area contributed by atoms with Gasteiger partial charge in [0.05, 0.1) is 30.8 Å². The third-order valence-corrected chi connectivity index (χ3v) is 6.87. The fourth-order valence-electron chi connectivity index (χ4n) is 4.88. The number of hydrogen-bond acceptors (Lipinski definition) is 6. The van der Waals surface area contributed by atoms with E-state index in [-0.39, 0.29) is 17.9 Å². The zero-order chi connectivity index (χ0) is 26.5. The van der Waals surface area contributed by atoms with Crippen molar-refractivity contribution in [2.24, 2.45) is 0 Å². The fraction of sp³-hybridized carbons (Fsp3) is 0.300. The Kier molecular flexibility index (Phi) is 7.70. The number of hydrogen-bond donors (Lipinski definition) is 2. The van der Waals surface area contributed by atoms with E-state index in [1.54, 1.807) is 11.0 Å². The van der Waals surface area contributed by atoms with E-state index in [0.717, 1.165) is 29.1 Å². The van der Waals surface area contributed by atoms with Gasteiger partial charge in [-0.05, 0) is 49.6 Å². The van der Waals surface area contributed by atoms with E-state index in [1.165, 1.54) is 0 Å². The summed E-state index contributed by atoms with van der Waals surface area (Å²) in [6.07, 6.45) is 11.8. The predicted molar refractivity (Wildman–Crippen MR) is 153 cm³/mol. The van der Waals surface area contributed by atoms with Gasteiger partial charge in [-0.3, -0.25) is 14.2 Å². The minimum absolute atomic E-state index is 0.0158. The summed E-state index contributed by atoms with van der Waals surface area (Å²) in [6, 6.07) is 11.4. The number of carbonyl (C=O) groups is 1.